The maximum atomic E-state index is 6.10. The molecule has 2 N–H and O–H groups in total. The third kappa shape index (κ3) is 2.56. The summed E-state index contributed by atoms with van der Waals surface area (Å²) in [6, 6.07) is 4.04. The van der Waals surface area contributed by atoms with Crippen molar-refractivity contribution >= 4 is 35.1 Å². The number of benzene rings is 1. The lowest BCUT2D eigenvalue weighted by atomic mass is 10.2. The van der Waals surface area contributed by atoms with E-state index in [2.05, 4.69) is 6.07 Å². The Hall–Kier alpha value is 0.170. The summed E-state index contributed by atoms with van der Waals surface area (Å²) in [4.78, 5) is 2.35. The largest absolute Gasteiger partial charge is 0.326 e. The van der Waals surface area contributed by atoms with Gasteiger partial charge in [-0.1, -0.05) is 11.6 Å². The minimum atomic E-state index is 0.544. The number of nitrogens with two attached hydrogens (primary N) is 1. The van der Waals surface area contributed by atoms with Crippen LogP contribution < -0.4 is 5.73 Å². The van der Waals surface area contributed by atoms with Crippen LogP contribution in [0.1, 0.15) is 5.56 Å². The molecule has 0 amide bonds. The molecule has 1 nitrogen and oxygen atoms in total. The van der Waals surface area contributed by atoms with E-state index in [0.717, 1.165) is 15.5 Å². The molecule has 0 saturated heterocycles. The second-order valence-corrected chi connectivity index (χ2v) is 4.59. The van der Waals surface area contributed by atoms with Gasteiger partial charge in [-0.25, -0.2) is 0 Å². The topological polar surface area (TPSA) is 26.0 Å². The van der Waals surface area contributed by atoms with Crippen LogP contribution in [0.4, 0.5) is 0 Å². The van der Waals surface area contributed by atoms with E-state index in [9.17, 15) is 0 Å². The number of halogens is 1. The van der Waals surface area contributed by atoms with E-state index in [1.54, 1.807) is 23.5 Å². The highest BCUT2D eigenvalue weighted by Gasteiger charge is 2.07. The summed E-state index contributed by atoms with van der Waals surface area (Å²) in [6.07, 6.45) is 4.08. The summed E-state index contributed by atoms with van der Waals surface area (Å²) in [5, 5.41) is 0.805. The molecule has 1 rings (SSSR count). The van der Waals surface area contributed by atoms with Crippen molar-refractivity contribution in [1.82, 2.24) is 0 Å². The van der Waals surface area contributed by atoms with Crippen molar-refractivity contribution < 1.29 is 0 Å². The molecule has 0 atom stereocenters. The van der Waals surface area contributed by atoms with E-state index < -0.39 is 0 Å². The monoisotopic (exact) mass is 233 g/mol. The second kappa shape index (κ2) is 5.15. The Balaban J connectivity index is 3.20. The zero-order chi connectivity index (χ0) is 9.84. The number of thioether (sulfide) groups is 2. The summed E-state index contributed by atoms with van der Waals surface area (Å²) >= 11 is 9.48. The third-order valence-electron chi connectivity index (χ3n) is 1.73. The first kappa shape index (κ1) is 11.2. The molecule has 0 aliphatic heterocycles. The summed E-state index contributed by atoms with van der Waals surface area (Å²) in [6.45, 7) is 0.544. The molecule has 0 unspecified atom stereocenters. The molecule has 0 bridgehead atoms. The van der Waals surface area contributed by atoms with Crippen LogP contribution in [0.25, 0.3) is 0 Å². The first-order valence-corrected chi connectivity index (χ1v) is 6.66. The van der Waals surface area contributed by atoms with E-state index in [1.807, 2.05) is 18.6 Å². The summed E-state index contributed by atoms with van der Waals surface area (Å²) in [5.74, 6) is 0. The SMILES string of the molecule is CSc1cc(CN)cc(Cl)c1SC. The van der Waals surface area contributed by atoms with Gasteiger partial charge in [0, 0.05) is 16.3 Å². The average molecular weight is 234 g/mol. The molecule has 1 aromatic carbocycles. The molecule has 0 heterocycles. The molecule has 0 saturated carbocycles. The number of rotatable bonds is 3. The van der Waals surface area contributed by atoms with Crippen molar-refractivity contribution in [2.45, 2.75) is 16.3 Å². The van der Waals surface area contributed by atoms with E-state index in [4.69, 9.17) is 17.3 Å². The lowest BCUT2D eigenvalue weighted by Gasteiger charge is -2.09. The Morgan fingerprint density at radius 3 is 2.46 bits per heavy atom. The Morgan fingerprint density at radius 2 is 2.00 bits per heavy atom. The van der Waals surface area contributed by atoms with Gasteiger partial charge in [-0.2, -0.15) is 0 Å². The molecule has 0 fully saturated rings. The summed E-state index contributed by atoms with van der Waals surface area (Å²) in [5.41, 5.74) is 6.65. The van der Waals surface area contributed by atoms with Crippen LogP contribution in [0.5, 0.6) is 0 Å². The van der Waals surface area contributed by atoms with Crippen molar-refractivity contribution in [3.63, 3.8) is 0 Å². The fourth-order valence-electron chi connectivity index (χ4n) is 1.09. The highest BCUT2D eigenvalue weighted by molar-refractivity contribution is 8.01. The second-order valence-electron chi connectivity index (χ2n) is 2.52. The van der Waals surface area contributed by atoms with Crippen LogP contribution in [0.3, 0.4) is 0 Å². The van der Waals surface area contributed by atoms with Crippen molar-refractivity contribution in [3.8, 4) is 0 Å². The van der Waals surface area contributed by atoms with Gasteiger partial charge in [-0.3, -0.25) is 0 Å². The van der Waals surface area contributed by atoms with Gasteiger partial charge < -0.3 is 5.73 Å². The van der Waals surface area contributed by atoms with Crippen LogP contribution in [-0.4, -0.2) is 12.5 Å². The van der Waals surface area contributed by atoms with Gasteiger partial charge in [0.15, 0.2) is 0 Å². The molecule has 13 heavy (non-hydrogen) atoms. The zero-order valence-corrected chi connectivity index (χ0v) is 10.0. The molecular weight excluding hydrogens is 222 g/mol. The van der Waals surface area contributed by atoms with Crippen molar-refractivity contribution in [2.75, 3.05) is 12.5 Å². The lowest BCUT2D eigenvalue weighted by molar-refractivity contribution is 1.04. The van der Waals surface area contributed by atoms with E-state index in [-0.39, 0.29) is 0 Å². The highest BCUT2D eigenvalue weighted by Crippen LogP contribution is 2.35. The Morgan fingerprint density at radius 1 is 1.31 bits per heavy atom. The standard InChI is InChI=1S/C9H12ClNS2/c1-12-8-4-6(5-11)3-7(10)9(8)13-2/h3-4H,5,11H2,1-2H3. The van der Waals surface area contributed by atoms with Gasteiger partial charge in [-0.05, 0) is 30.2 Å². The number of hydrogen-bond donors (Lipinski definition) is 1. The first-order chi connectivity index (χ1) is 6.22. The molecule has 0 aliphatic rings. The molecule has 1 aromatic rings. The normalized spacial score (nSPS) is 10.5. The maximum absolute atomic E-state index is 6.10. The predicted molar refractivity (Wildman–Crippen MR) is 62.9 cm³/mol. The van der Waals surface area contributed by atoms with Crippen LogP contribution in [0.2, 0.25) is 5.02 Å². The smallest absolute Gasteiger partial charge is 0.0556 e. The van der Waals surface area contributed by atoms with Crippen LogP contribution >= 0.6 is 35.1 Å². The van der Waals surface area contributed by atoms with Gasteiger partial charge in [0.1, 0.15) is 0 Å². The Labute approximate surface area is 92.4 Å². The first-order valence-electron chi connectivity index (χ1n) is 3.83. The van der Waals surface area contributed by atoms with Gasteiger partial charge in [0.2, 0.25) is 0 Å². The van der Waals surface area contributed by atoms with E-state index >= 15 is 0 Å². The molecule has 0 radical (unpaired) electrons. The van der Waals surface area contributed by atoms with Crippen LogP contribution in [0, 0.1) is 0 Å². The molecule has 0 spiro atoms. The number of hydrogen-bond acceptors (Lipinski definition) is 3. The van der Waals surface area contributed by atoms with Gasteiger partial charge in [-0.15, -0.1) is 23.5 Å². The van der Waals surface area contributed by atoms with Crippen LogP contribution in [-0.2, 0) is 6.54 Å². The lowest BCUT2D eigenvalue weighted by Crippen LogP contribution is -1.97. The summed E-state index contributed by atoms with van der Waals surface area (Å²) in [7, 11) is 0. The quantitative estimate of drug-likeness (QED) is 0.812. The molecule has 0 aromatic heterocycles. The van der Waals surface area contributed by atoms with Gasteiger partial charge >= 0.3 is 0 Å². The minimum Gasteiger partial charge on any atom is -0.326 e. The predicted octanol–water partition coefficient (Wildman–Crippen LogP) is 3.24. The minimum absolute atomic E-state index is 0.544. The molecule has 72 valence electrons. The fraction of sp³-hybridized carbons (Fsp3) is 0.333. The molecule has 4 heteroatoms. The average Bonchev–Trinajstić information content (AvgIpc) is 2.16. The van der Waals surface area contributed by atoms with Crippen LogP contribution in [0.15, 0.2) is 21.9 Å². The highest BCUT2D eigenvalue weighted by atomic mass is 35.5. The van der Waals surface area contributed by atoms with Gasteiger partial charge in [0.05, 0.1) is 5.02 Å². The zero-order valence-electron chi connectivity index (χ0n) is 7.63. The molecule has 0 aliphatic carbocycles. The summed E-state index contributed by atoms with van der Waals surface area (Å²) < 4.78 is 0. The van der Waals surface area contributed by atoms with E-state index in [1.165, 1.54) is 4.90 Å². The van der Waals surface area contributed by atoms with E-state index in [0.29, 0.717) is 6.54 Å². The Bertz CT molecular complexity index is 302. The van der Waals surface area contributed by atoms with Crippen molar-refractivity contribution in [1.29, 1.82) is 0 Å². The Kier molecular flexibility index (Phi) is 4.46. The fourth-order valence-corrected chi connectivity index (χ4v) is 3.20. The van der Waals surface area contributed by atoms with Gasteiger partial charge in [0.25, 0.3) is 0 Å². The maximum Gasteiger partial charge on any atom is 0.0556 e. The van der Waals surface area contributed by atoms with Crippen molar-refractivity contribution in [2.24, 2.45) is 5.73 Å². The van der Waals surface area contributed by atoms with Crippen molar-refractivity contribution in [3.05, 3.63) is 22.7 Å². The molecular formula is C9H12ClNS2. The third-order valence-corrected chi connectivity index (χ3v) is 3.88.